The fraction of sp³-hybridized carbons (Fsp3) is 0.200. The Morgan fingerprint density at radius 1 is 0.556 bits per heavy atom. The van der Waals surface area contributed by atoms with Crippen molar-refractivity contribution in [2.24, 2.45) is 0 Å². The largest absolute Gasteiger partial charge is 0.504 e. The third-order valence-electron chi connectivity index (χ3n) is 6.28. The van der Waals surface area contributed by atoms with Gasteiger partial charge in [-0.25, -0.2) is 0 Å². The summed E-state index contributed by atoms with van der Waals surface area (Å²) < 4.78 is 10.6. The molecule has 0 aliphatic heterocycles. The summed E-state index contributed by atoms with van der Waals surface area (Å²) in [5.74, 6) is 1.14. The molecule has 0 saturated carbocycles. The number of hydrogen-bond donors (Lipinski definition) is 4. The van der Waals surface area contributed by atoms with Gasteiger partial charge in [0.2, 0.25) is 0 Å². The van der Waals surface area contributed by atoms with Crippen LogP contribution in [0.3, 0.4) is 0 Å². The minimum atomic E-state index is -0.146. The molecular weight excluding hydrogens is 452 g/mol. The topological polar surface area (TPSA) is 83.0 Å². The van der Waals surface area contributed by atoms with Crippen LogP contribution in [0.4, 0.5) is 0 Å². The lowest BCUT2D eigenvalue weighted by molar-refractivity contribution is 0.354. The first-order chi connectivity index (χ1) is 17.6. The lowest BCUT2D eigenvalue weighted by atomic mass is 9.92. The van der Waals surface area contributed by atoms with E-state index in [1.165, 1.54) is 0 Å². The molecule has 0 heterocycles. The van der Waals surface area contributed by atoms with Crippen LogP contribution < -0.4 is 20.1 Å². The zero-order valence-corrected chi connectivity index (χ0v) is 20.5. The van der Waals surface area contributed by atoms with Gasteiger partial charge in [0.1, 0.15) is 0 Å². The van der Waals surface area contributed by atoms with Gasteiger partial charge < -0.3 is 30.3 Å². The number of methoxy groups -OCH3 is 2. The average Bonchev–Trinajstić information content (AvgIpc) is 2.93. The van der Waals surface area contributed by atoms with Gasteiger partial charge in [0, 0.05) is 24.2 Å². The van der Waals surface area contributed by atoms with Crippen molar-refractivity contribution in [3.05, 3.63) is 119 Å². The molecule has 0 radical (unpaired) electrons. The van der Waals surface area contributed by atoms with Crippen molar-refractivity contribution in [1.29, 1.82) is 0 Å². The molecule has 4 rings (SSSR count). The van der Waals surface area contributed by atoms with E-state index in [0.717, 1.165) is 22.3 Å². The van der Waals surface area contributed by atoms with Crippen LogP contribution in [-0.2, 0) is 13.1 Å². The second kappa shape index (κ2) is 12.1. The normalized spacial score (nSPS) is 12.6. The number of hydrogen-bond acceptors (Lipinski definition) is 6. The summed E-state index contributed by atoms with van der Waals surface area (Å²) in [7, 11) is 3.09. The summed E-state index contributed by atoms with van der Waals surface area (Å²) in [6.45, 7) is 0.857. The van der Waals surface area contributed by atoms with Gasteiger partial charge in [-0.2, -0.15) is 0 Å². The fourth-order valence-electron chi connectivity index (χ4n) is 4.37. The predicted molar refractivity (Wildman–Crippen MR) is 141 cm³/mol. The van der Waals surface area contributed by atoms with E-state index < -0.39 is 0 Å². The summed E-state index contributed by atoms with van der Waals surface area (Å²) in [4.78, 5) is 0. The number of benzene rings is 4. The zero-order chi connectivity index (χ0) is 25.3. The van der Waals surface area contributed by atoms with Gasteiger partial charge in [0.05, 0.1) is 26.3 Å². The van der Waals surface area contributed by atoms with Crippen LogP contribution in [0.5, 0.6) is 23.0 Å². The van der Waals surface area contributed by atoms with Crippen LogP contribution in [0.25, 0.3) is 0 Å². The first-order valence-electron chi connectivity index (χ1n) is 11.9. The second-order valence-corrected chi connectivity index (χ2v) is 8.47. The van der Waals surface area contributed by atoms with Crippen molar-refractivity contribution in [2.45, 2.75) is 25.2 Å². The summed E-state index contributed by atoms with van der Waals surface area (Å²) in [6, 6.07) is 31.1. The lowest BCUT2D eigenvalue weighted by Crippen LogP contribution is -2.35. The van der Waals surface area contributed by atoms with E-state index in [-0.39, 0.29) is 23.6 Å². The number of phenols is 2. The maximum atomic E-state index is 10.6. The molecule has 6 nitrogen and oxygen atoms in total. The van der Waals surface area contributed by atoms with E-state index in [0.29, 0.717) is 24.6 Å². The monoisotopic (exact) mass is 484 g/mol. The molecule has 0 aliphatic carbocycles. The smallest absolute Gasteiger partial charge is 0.162 e. The molecule has 0 saturated heterocycles. The third kappa shape index (κ3) is 5.79. The van der Waals surface area contributed by atoms with Crippen LogP contribution in [0.15, 0.2) is 97.1 Å². The molecule has 4 N–H and O–H groups in total. The number of nitrogens with one attached hydrogen (secondary N) is 2. The SMILES string of the molecule is COc1cccc(CN[C@H](c2ccccc2)[C@H](NCc2cccc(OC)c2O)c2ccccc2)c1O. The number of para-hydroxylation sites is 2. The van der Waals surface area contributed by atoms with Crippen LogP contribution in [0.1, 0.15) is 34.3 Å². The Labute approximate surface area is 212 Å². The van der Waals surface area contributed by atoms with E-state index in [9.17, 15) is 10.2 Å². The third-order valence-corrected chi connectivity index (χ3v) is 6.28. The van der Waals surface area contributed by atoms with Crippen molar-refractivity contribution in [3.8, 4) is 23.0 Å². The van der Waals surface area contributed by atoms with Gasteiger partial charge >= 0.3 is 0 Å². The van der Waals surface area contributed by atoms with Gasteiger partial charge in [-0.3, -0.25) is 0 Å². The molecule has 0 spiro atoms. The summed E-state index contributed by atoms with van der Waals surface area (Å²) in [5, 5.41) is 28.6. The van der Waals surface area contributed by atoms with Gasteiger partial charge in [-0.15, -0.1) is 0 Å². The summed E-state index contributed by atoms with van der Waals surface area (Å²) in [5.41, 5.74) is 3.67. The average molecular weight is 485 g/mol. The molecule has 4 aromatic carbocycles. The number of rotatable bonds is 11. The van der Waals surface area contributed by atoms with Gasteiger partial charge in [-0.1, -0.05) is 84.9 Å². The molecule has 0 aromatic heterocycles. The maximum absolute atomic E-state index is 10.6. The van der Waals surface area contributed by atoms with Crippen molar-refractivity contribution < 1.29 is 19.7 Å². The van der Waals surface area contributed by atoms with E-state index in [4.69, 9.17) is 9.47 Å². The number of aromatic hydroxyl groups is 2. The molecule has 186 valence electrons. The van der Waals surface area contributed by atoms with E-state index >= 15 is 0 Å². The lowest BCUT2D eigenvalue weighted by Gasteiger charge is -2.31. The van der Waals surface area contributed by atoms with E-state index in [1.54, 1.807) is 26.4 Å². The van der Waals surface area contributed by atoms with Gasteiger partial charge in [0.15, 0.2) is 23.0 Å². The van der Waals surface area contributed by atoms with Crippen molar-refractivity contribution >= 4 is 0 Å². The molecule has 0 aliphatic rings. The number of phenolic OH excluding ortho intramolecular Hbond substituents is 2. The Bertz CT molecular complexity index is 1150. The first kappa shape index (κ1) is 25.1. The summed E-state index contributed by atoms with van der Waals surface area (Å²) >= 11 is 0. The quantitative estimate of drug-likeness (QED) is 0.226. The Balaban J connectivity index is 1.67. The molecule has 0 amide bonds. The van der Waals surface area contributed by atoms with Crippen molar-refractivity contribution in [1.82, 2.24) is 10.6 Å². The highest BCUT2D eigenvalue weighted by Crippen LogP contribution is 2.34. The molecule has 2 atom stereocenters. The van der Waals surface area contributed by atoms with Gasteiger partial charge in [0.25, 0.3) is 0 Å². The van der Waals surface area contributed by atoms with Crippen molar-refractivity contribution in [2.75, 3.05) is 14.2 Å². The Morgan fingerprint density at radius 3 is 1.31 bits per heavy atom. The van der Waals surface area contributed by atoms with Crippen LogP contribution >= 0.6 is 0 Å². The highest BCUT2D eigenvalue weighted by atomic mass is 16.5. The molecule has 6 heteroatoms. The molecule has 0 bridgehead atoms. The predicted octanol–water partition coefficient (Wildman–Crippen LogP) is 5.48. The van der Waals surface area contributed by atoms with E-state index in [1.807, 2.05) is 60.7 Å². The standard InChI is InChI=1S/C30H32N2O4/c1-35-25-17-9-15-23(29(25)33)19-31-27(21-11-5-3-6-12-21)28(22-13-7-4-8-14-22)32-20-24-16-10-18-26(36-2)30(24)34/h3-18,27-28,31-34H,19-20H2,1-2H3/t27-,28-/m1/s1. The van der Waals surface area contributed by atoms with Crippen molar-refractivity contribution in [3.63, 3.8) is 0 Å². The van der Waals surface area contributed by atoms with Gasteiger partial charge in [-0.05, 0) is 23.3 Å². The maximum Gasteiger partial charge on any atom is 0.162 e. The Morgan fingerprint density at radius 2 is 0.944 bits per heavy atom. The fourth-order valence-corrected chi connectivity index (χ4v) is 4.37. The zero-order valence-electron chi connectivity index (χ0n) is 20.5. The van der Waals surface area contributed by atoms with Crippen LogP contribution in [0, 0.1) is 0 Å². The van der Waals surface area contributed by atoms with Crippen LogP contribution in [0.2, 0.25) is 0 Å². The molecule has 36 heavy (non-hydrogen) atoms. The Hall–Kier alpha value is -4.00. The molecule has 4 aromatic rings. The minimum absolute atomic E-state index is 0.129. The molecule has 0 unspecified atom stereocenters. The molecule has 0 fully saturated rings. The Kier molecular flexibility index (Phi) is 8.44. The first-order valence-corrected chi connectivity index (χ1v) is 11.9. The highest BCUT2D eigenvalue weighted by Gasteiger charge is 2.25. The molecular formula is C30H32N2O4. The second-order valence-electron chi connectivity index (χ2n) is 8.47. The van der Waals surface area contributed by atoms with E-state index in [2.05, 4.69) is 34.9 Å². The highest BCUT2D eigenvalue weighted by molar-refractivity contribution is 5.46. The number of ether oxygens (including phenoxy) is 2. The minimum Gasteiger partial charge on any atom is -0.504 e. The van der Waals surface area contributed by atoms with Crippen LogP contribution in [-0.4, -0.2) is 24.4 Å². The summed E-state index contributed by atoms with van der Waals surface area (Å²) in [6.07, 6.45) is 0.